The minimum Gasteiger partial charge on any atom is -0.447 e. The van der Waals surface area contributed by atoms with E-state index < -0.39 is 6.10 Å². The highest BCUT2D eigenvalue weighted by Crippen LogP contribution is 2.26. The molecule has 4 rings (SSSR count). The van der Waals surface area contributed by atoms with Crippen LogP contribution >= 0.6 is 0 Å². The molecule has 3 aromatic rings. The summed E-state index contributed by atoms with van der Waals surface area (Å²) in [4.78, 5) is 22.6. The first-order valence-corrected chi connectivity index (χ1v) is 8.60. The summed E-state index contributed by atoms with van der Waals surface area (Å²) in [6.45, 7) is 0.909. The maximum absolute atomic E-state index is 12.6. The lowest BCUT2D eigenvalue weighted by molar-refractivity contribution is 0.0759. The zero-order chi connectivity index (χ0) is 18.1. The molecular formula is C19H20N4O3. The number of rotatable bonds is 4. The first-order chi connectivity index (χ1) is 12.7. The summed E-state index contributed by atoms with van der Waals surface area (Å²) in [5.74, 6) is 0.0492. The van der Waals surface area contributed by atoms with Crippen molar-refractivity contribution < 1.29 is 14.3 Å². The lowest BCUT2D eigenvalue weighted by Crippen LogP contribution is -2.30. The van der Waals surface area contributed by atoms with Crippen LogP contribution in [0.2, 0.25) is 0 Å². The number of aliphatic hydroxyl groups is 1. The quantitative estimate of drug-likeness (QED) is 0.734. The molecule has 1 aliphatic rings. The van der Waals surface area contributed by atoms with Crippen molar-refractivity contribution in [3.8, 4) is 0 Å². The van der Waals surface area contributed by atoms with Crippen LogP contribution in [0.15, 0.2) is 47.2 Å². The minimum absolute atomic E-state index is 0.0364. The highest BCUT2D eigenvalue weighted by molar-refractivity contribution is 5.92. The molecule has 3 heterocycles. The maximum atomic E-state index is 12.6. The lowest BCUT2D eigenvalue weighted by Gasteiger charge is -2.15. The van der Waals surface area contributed by atoms with Crippen LogP contribution in [0.4, 0.5) is 0 Å². The second kappa shape index (κ2) is 6.86. The van der Waals surface area contributed by atoms with Gasteiger partial charge in [0.2, 0.25) is 5.89 Å². The largest absolute Gasteiger partial charge is 0.447 e. The maximum Gasteiger partial charge on any atom is 0.275 e. The van der Waals surface area contributed by atoms with Crippen molar-refractivity contribution in [2.24, 2.45) is 11.7 Å². The van der Waals surface area contributed by atoms with Gasteiger partial charge in [-0.05, 0) is 24.1 Å². The fraction of sp³-hybridized carbons (Fsp3) is 0.316. The minimum atomic E-state index is -0.577. The van der Waals surface area contributed by atoms with Gasteiger partial charge in [-0.3, -0.25) is 9.78 Å². The number of aliphatic hydroxyl groups excluding tert-OH is 1. The van der Waals surface area contributed by atoms with Crippen LogP contribution in [0.5, 0.6) is 0 Å². The highest BCUT2D eigenvalue weighted by atomic mass is 16.3. The average molecular weight is 352 g/mol. The van der Waals surface area contributed by atoms with Crippen LogP contribution in [-0.2, 0) is 13.0 Å². The van der Waals surface area contributed by atoms with Crippen molar-refractivity contribution in [3.63, 3.8) is 0 Å². The predicted octanol–water partition coefficient (Wildman–Crippen LogP) is 1.36. The number of nitrogens with zero attached hydrogens (tertiary/aromatic N) is 3. The number of para-hydroxylation sites is 1. The van der Waals surface area contributed by atoms with Crippen LogP contribution in [0, 0.1) is 5.92 Å². The monoisotopic (exact) mass is 352 g/mol. The summed E-state index contributed by atoms with van der Waals surface area (Å²) < 4.78 is 5.14. The van der Waals surface area contributed by atoms with Crippen molar-refractivity contribution in [1.82, 2.24) is 14.9 Å². The van der Waals surface area contributed by atoms with E-state index in [9.17, 15) is 9.90 Å². The molecular weight excluding hydrogens is 332 g/mol. The van der Waals surface area contributed by atoms with Crippen LogP contribution in [0.3, 0.4) is 0 Å². The van der Waals surface area contributed by atoms with Gasteiger partial charge in [-0.1, -0.05) is 18.2 Å². The number of hydrogen-bond acceptors (Lipinski definition) is 6. The number of benzene rings is 1. The van der Waals surface area contributed by atoms with Gasteiger partial charge >= 0.3 is 0 Å². The van der Waals surface area contributed by atoms with Crippen molar-refractivity contribution in [2.75, 3.05) is 13.1 Å². The Morgan fingerprint density at radius 1 is 1.31 bits per heavy atom. The standard InChI is InChI=1S/C19H20N4O3/c20-8-18-22-16(11-26-18)19(25)23-9-13(17(24)10-23)7-12-5-6-21-15-4-2-1-3-14(12)15/h1-6,11,13,17,24H,7-10,20H2/t13-,17-/m1/s1. The number of β-amino-alcohol motifs (C(OH)–C–C–N with tert-alkyl or cyclic N) is 1. The lowest BCUT2D eigenvalue weighted by atomic mass is 9.94. The first kappa shape index (κ1) is 16.7. The summed E-state index contributed by atoms with van der Waals surface area (Å²) in [6.07, 6.45) is 3.21. The van der Waals surface area contributed by atoms with Gasteiger partial charge in [0.25, 0.3) is 5.91 Å². The van der Waals surface area contributed by atoms with Crippen molar-refractivity contribution in [3.05, 3.63) is 59.9 Å². The smallest absolute Gasteiger partial charge is 0.275 e. The van der Waals surface area contributed by atoms with Crippen LogP contribution in [-0.4, -0.2) is 45.1 Å². The van der Waals surface area contributed by atoms with Crippen LogP contribution < -0.4 is 5.73 Å². The summed E-state index contributed by atoms with van der Waals surface area (Å²) in [7, 11) is 0. The number of hydrogen-bond donors (Lipinski definition) is 2. The number of fused-ring (bicyclic) bond motifs is 1. The number of carbonyl (C=O) groups is 1. The Hall–Kier alpha value is -2.77. The number of pyridine rings is 1. The van der Waals surface area contributed by atoms with Gasteiger partial charge in [0, 0.05) is 30.6 Å². The Morgan fingerprint density at radius 2 is 2.15 bits per heavy atom. The molecule has 1 amide bonds. The van der Waals surface area contributed by atoms with Crippen molar-refractivity contribution in [1.29, 1.82) is 0 Å². The molecule has 2 atom stereocenters. The van der Waals surface area contributed by atoms with Crippen LogP contribution in [0.1, 0.15) is 21.9 Å². The molecule has 0 radical (unpaired) electrons. The third-order valence-electron chi connectivity index (χ3n) is 4.86. The SMILES string of the molecule is NCc1nc(C(=O)N2C[C@@H](Cc3ccnc4ccccc34)[C@H](O)C2)co1. The molecule has 0 bridgehead atoms. The van der Waals surface area contributed by atoms with Gasteiger partial charge in [-0.25, -0.2) is 4.98 Å². The molecule has 1 aliphatic heterocycles. The fourth-order valence-electron chi connectivity index (χ4n) is 3.50. The Morgan fingerprint density at radius 3 is 2.96 bits per heavy atom. The van der Waals surface area contributed by atoms with Crippen molar-refractivity contribution in [2.45, 2.75) is 19.1 Å². The Bertz CT molecular complexity index is 934. The third-order valence-corrected chi connectivity index (χ3v) is 4.86. The van der Waals surface area contributed by atoms with Gasteiger partial charge in [0.15, 0.2) is 5.69 Å². The molecule has 7 nitrogen and oxygen atoms in total. The topological polar surface area (TPSA) is 105 Å². The molecule has 0 unspecified atom stereocenters. The third kappa shape index (κ3) is 3.07. The number of oxazole rings is 1. The number of amides is 1. The van der Waals surface area contributed by atoms with E-state index in [0.29, 0.717) is 18.9 Å². The Kier molecular flexibility index (Phi) is 4.40. The molecule has 0 aliphatic carbocycles. The molecule has 1 saturated heterocycles. The van der Waals surface area contributed by atoms with Gasteiger partial charge < -0.3 is 20.2 Å². The molecule has 2 aromatic heterocycles. The highest BCUT2D eigenvalue weighted by Gasteiger charge is 2.35. The fourth-order valence-corrected chi connectivity index (χ4v) is 3.50. The molecule has 0 saturated carbocycles. The Labute approximate surface area is 150 Å². The molecule has 26 heavy (non-hydrogen) atoms. The number of carbonyl (C=O) groups excluding carboxylic acids is 1. The predicted molar refractivity (Wildman–Crippen MR) is 95.2 cm³/mol. The summed E-state index contributed by atoms with van der Waals surface area (Å²) in [5.41, 5.74) is 7.75. The van der Waals surface area contributed by atoms with Gasteiger partial charge in [-0.15, -0.1) is 0 Å². The van der Waals surface area contributed by atoms with Crippen molar-refractivity contribution >= 4 is 16.8 Å². The Balaban J connectivity index is 1.51. The van der Waals surface area contributed by atoms with Gasteiger partial charge in [0.1, 0.15) is 6.26 Å². The second-order valence-corrected chi connectivity index (χ2v) is 6.56. The second-order valence-electron chi connectivity index (χ2n) is 6.56. The van der Waals surface area contributed by atoms with E-state index in [0.717, 1.165) is 16.5 Å². The molecule has 0 spiro atoms. The van der Waals surface area contributed by atoms with E-state index in [2.05, 4.69) is 9.97 Å². The normalized spacial score (nSPS) is 20.0. The van der Waals surface area contributed by atoms with Gasteiger partial charge in [-0.2, -0.15) is 0 Å². The number of likely N-dealkylation sites (tertiary alicyclic amines) is 1. The van der Waals surface area contributed by atoms with Gasteiger partial charge in [0.05, 0.1) is 18.2 Å². The summed E-state index contributed by atoms with van der Waals surface area (Å²) in [5, 5.41) is 11.5. The summed E-state index contributed by atoms with van der Waals surface area (Å²) >= 11 is 0. The molecule has 134 valence electrons. The molecule has 3 N–H and O–H groups in total. The van der Waals surface area contributed by atoms with E-state index in [4.69, 9.17) is 10.2 Å². The zero-order valence-electron chi connectivity index (χ0n) is 14.2. The first-order valence-electron chi connectivity index (χ1n) is 8.60. The van der Waals surface area contributed by atoms with E-state index in [1.165, 1.54) is 6.26 Å². The van der Waals surface area contributed by atoms with E-state index >= 15 is 0 Å². The number of aromatic nitrogens is 2. The zero-order valence-corrected chi connectivity index (χ0v) is 14.2. The molecule has 1 fully saturated rings. The molecule has 7 heteroatoms. The molecule has 1 aromatic carbocycles. The van der Waals surface area contributed by atoms with E-state index in [1.54, 1.807) is 11.1 Å². The van der Waals surface area contributed by atoms with E-state index in [-0.39, 0.29) is 30.6 Å². The number of nitrogens with two attached hydrogens (primary N) is 1. The van der Waals surface area contributed by atoms with Crippen LogP contribution in [0.25, 0.3) is 10.9 Å². The summed E-state index contributed by atoms with van der Waals surface area (Å²) in [6, 6.07) is 9.92. The average Bonchev–Trinajstić information content (AvgIpc) is 3.29. The van der Waals surface area contributed by atoms with E-state index in [1.807, 2.05) is 30.3 Å².